The van der Waals surface area contributed by atoms with E-state index in [1.165, 1.54) is 9.75 Å². The van der Waals surface area contributed by atoms with Gasteiger partial charge in [-0.15, -0.1) is 22.9 Å². The molecule has 0 fully saturated rings. The van der Waals surface area contributed by atoms with Crippen molar-refractivity contribution in [3.63, 3.8) is 0 Å². The van der Waals surface area contributed by atoms with Gasteiger partial charge in [-0.25, -0.2) is 9.97 Å². The Hall–Kier alpha value is -1.39. The van der Waals surface area contributed by atoms with Gasteiger partial charge in [0, 0.05) is 16.0 Å². The summed E-state index contributed by atoms with van der Waals surface area (Å²) < 4.78 is 2.12. The lowest BCUT2D eigenvalue weighted by Crippen LogP contribution is -2.03. The maximum absolute atomic E-state index is 6.03. The lowest BCUT2D eigenvalue weighted by molar-refractivity contribution is 0.780. The van der Waals surface area contributed by atoms with E-state index >= 15 is 0 Å². The molecule has 104 valence electrons. The van der Waals surface area contributed by atoms with E-state index in [9.17, 15) is 0 Å². The lowest BCUT2D eigenvalue weighted by atomic mass is 10.3. The Morgan fingerprint density at radius 1 is 1.30 bits per heavy atom. The molecule has 0 aliphatic heterocycles. The van der Waals surface area contributed by atoms with Gasteiger partial charge in [0.2, 0.25) is 0 Å². The summed E-state index contributed by atoms with van der Waals surface area (Å²) in [4.78, 5) is 11.8. The molecule has 0 atom stereocenters. The van der Waals surface area contributed by atoms with Gasteiger partial charge in [-0.3, -0.25) is 0 Å². The number of fused-ring (bicyclic) bond motifs is 1. The fraction of sp³-hybridized carbons (Fsp3) is 0.333. The van der Waals surface area contributed by atoms with Crippen LogP contribution >= 0.6 is 22.9 Å². The molecule has 3 nitrogen and oxygen atoms in total. The average molecular weight is 306 g/mol. The SMILES string of the molecule is CCc1ccc(Cn2c(CCl)nc3cc(C)cnc32)s1. The first-order valence-corrected chi connectivity index (χ1v) is 8.01. The molecule has 0 radical (unpaired) electrons. The molecule has 0 unspecified atom stereocenters. The molecule has 0 saturated heterocycles. The van der Waals surface area contributed by atoms with Crippen molar-refractivity contribution in [1.29, 1.82) is 0 Å². The van der Waals surface area contributed by atoms with Crippen molar-refractivity contribution < 1.29 is 0 Å². The van der Waals surface area contributed by atoms with Gasteiger partial charge in [0.25, 0.3) is 0 Å². The number of halogens is 1. The third-order valence-corrected chi connectivity index (χ3v) is 4.75. The fourth-order valence-corrected chi connectivity index (χ4v) is 3.43. The molecular weight excluding hydrogens is 290 g/mol. The second-order valence-corrected chi connectivity index (χ2v) is 6.34. The van der Waals surface area contributed by atoms with E-state index in [1.807, 2.05) is 24.5 Å². The fourth-order valence-electron chi connectivity index (χ4n) is 2.28. The summed E-state index contributed by atoms with van der Waals surface area (Å²) >= 11 is 7.88. The first-order valence-electron chi connectivity index (χ1n) is 6.66. The highest BCUT2D eigenvalue weighted by Gasteiger charge is 2.12. The van der Waals surface area contributed by atoms with Gasteiger partial charge in [0.15, 0.2) is 5.65 Å². The Kier molecular flexibility index (Phi) is 3.76. The molecule has 3 rings (SSSR count). The van der Waals surface area contributed by atoms with Crippen molar-refractivity contribution >= 4 is 34.1 Å². The van der Waals surface area contributed by atoms with Gasteiger partial charge in [0.1, 0.15) is 11.3 Å². The van der Waals surface area contributed by atoms with Crippen molar-refractivity contribution in [3.8, 4) is 0 Å². The summed E-state index contributed by atoms with van der Waals surface area (Å²) in [6.45, 7) is 4.99. The Morgan fingerprint density at radius 2 is 2.10 bits per heavy atom. The second-order valence-electron chi connectivity index (χ2n) is 4.82. The number of hydrogen-bond acceptors (Lipinski definition) is 3. The molecule has 3 aromatic heterocycles. The average Bonchev–Trinajstić information content (AvgIpc) is 3.03. The summed E-state index contributed by atoms with van der Waals surface area (Å²) in [7, 11) is 0. The van der Waals surface area contributed by atoms with E-state index in [0.717, 1.165) is 35.5 Å². The highest BCUT2D eigenvalue weighted by Crippen LogP contribution is 2.22. The first kappa shape index (κ1) is 13.6. The van der Waals surface area contributed by atoms with E-state index in [1.54, 1.807) is 0 Å². The molecule has 0 amide bonds. The molecule has 0 spiro atoms. The molecule has 20 heavy (non-hydrogen) atoms. The smallest absolute Gasteiger partial charge is 0.160 e. The first-order chi connectivity index (χ1) is 9.71. The highest BCUT2D eigenvalue weighted by atomic mass is 35.5. The number of nitrogens with zero attached hydrogens (tertiary/aromatic N) is 3. The van der Waals surface area contributed by atoms with Gasteiger partial charge in [-0.1, -0.05) is 6.92 Å². The van der Waals surface area contributed by atoms with Gasteiger partial charge in [-0.05, 0) is 37.1 Å². The van der Waals surface area contributed by atoms with Crippen molar-refractivity contribution in [1.82, 2.24) is 14.5 Å². The zero-order valence-electron chi connectivity index (χ0n) is 11.6. The standard InChI is InChI=1S/C15H16ClN3S/c1-3-11-4-5-12(20-11)9-19-14(7-16)18-13-6-10(2)8-17-15(13)19/h4-6,8H,3,7,9H2,1-2H3. The zero-order chi connectivity index (χ0) is 14.1. The minimum Gasteiger partial charge on any atom is -0.306 e. The lowest BCUT2D eigenvalue weighted by Gasteiger charge is -2.05. The van der Waals surface area contributed by atoms with Crippen LogP contribution in [0.5, 0.6) is 0 Å². The van der Waals surface area contributed by atoms with Crippen LogP contribution in [0.1, 0.15) is 28.1 Å². The summed E-state index contributed by atoms with van der Waals surface area (Å²) in [5.41, 5.74) is 2.96. The molecule has 0 aliphatic rings. The van der Waals surface area contributed by atoms with Gasteiger partial charge in [0.05, 0.1) is 12.4 Å². The van der Waals surface area contributed by atoms with Crippen LogP contribution in [0.4, 0.5) is 0 Å². The molecule has 5 heteroatoms. The predicted molar refractivity (Wildman–Crippen MR) is 84.6 cm³/mol. The van der Waals surface area contributed by atoms with Crippen LogP contribution in [0.15, 0.2) is 24.4 Å². The largest absolute Gasteiger partial charge is 0.306 e. The molecule has 0 bridgehead atoms. The van der Waals surface area contributed by atoms with Crippen molar-refractivity contribution in [2.45, 2.75) is 32.7 Å². The number of alkyl halides is 1. The van der Waals surface area contributed by atoms with Crippen LogP contribution in [0.2, 0.25) is 0 Å². The molecule has 0 aromatic carbocycles. The van der Waals surface area contributed by atoms with Crippen LogP contribution in [-0.2, 0) is 18.8 Å². The van der Waals surface area contributed by atoms with Crippen LogP contribution in [-0.4, -0.2) is 14.5 Å². The Labute approximate surface area is 127 Å². The summed E-state index contributed by atoms with van der Waals surface area (Å²) in [6, 6.07) is 6.43. The van der Waals surface area contributed by atoms with Crippen molar-refractivity contribution in [2.75, 3.05) is 0 Å². The van der Waals surface area contributed by atoms with Gasteiger partial charge in [-0.2, -0.15) is 0 Å². The monoisotopic (exact) mass is 305 g/mol. The van der Waals surface area contributed by atoms with Crippen LogP contribution in [0.3, 0.4) is 0 Å². The molecule has 0 saturated carbocycles. The van der Waals surface area contributed by atoms with Gasteiger partial charge >= 0.3 is 0 Å². The summed E-state index contributed by atoms with van der Waals surface area (Å²) in [5, 5.41) is 0. The summed E-state index contributed by atoms with van der Waals surface area (Å²) in [6.07, 6.45) is 2.96. The van der Waals surface area contributed by atoms with Crippen LogP contribution < -0.4 is 0 Å². The third kappa shape index (κ3) is 2.45. The maximum atomic E-state index is 6.03. The predicted octanol–water partition coefficient (Wildman–Crippen LogP) is 4.15. The molecular formula is C15H16ClN3S. The van der Waals surface area contributed by atoms with E-state index in [0.29, 0.717) is 5.88 Å². The van der Waals surface area contributed by atoms with E-state index in [4.69, 9.17) is 11.6 Å². The Balaban J connectivity index is 2.04. The minimum atomic E-state index is 0.404. The van der Waals surface area contributed by atoms with Crippen LogP contribution in [0.25, 0.3) is 11.2 Å². The van der Waals surface area contributed by atoms with E-state index < -0.39 is 0 Å². The second kappa shape index (κ2) is 5.54. The number of aryl methyl sites for hydroxylation is 2. The molecule has 3 heterocycles. The van der Waals surface area contributed by atoms with Crippen molar-refractivity contribution in [3.05, 3.63) is 45.5 Å². The maximum Gasteiger partial charge on any atom is 0.160 e. The number of pyridine rings is 1. The van der Waals surface area contributed by atoms with Crippen molar-refractivity contribution in [2.24, 2.45) is 0 Å². The number of aromatic nitrogens is 3. The number of imidazole rings is 1. The Bertz CT molecular complexity index is 745. The van der Waals surface area contributed by atoms with Crippen LogP contribution in [0, 0.1) is 6.92 Å². The molecule has 0 aliphatic carbocycles. The number of rotatable bonds is 4. The highest BCUT2D eigenvalue weighted by molar-refractivity contribution is 7.11. The van der Waals surface area contributed by atoms with E-state index in [-0.39, 0.29) is 0 Å². The number of hydrogen-bond donors (Lipinski definition) is 0. The van der Waals surface area contributed by atoms with Gasteiger partial charge < -0.3 is 4.57 Å². The molecule has 3 aromatic rings. The normalized spacial score (nSPS) is 11.3. The number of thiophene rings is 1. The van der Waals surface area contributed by atoms with E-state index in [2.05, 4.69) is 39.7 Å². The minimum absolute atomic E-state index is 0.404. The quantitative estimate of drug-likeness (QED) is 0.678. The molecule has 0 N–H and O–H groups in total. The third-order valence-electron chi connectivity index (χ3n) is 3.30. The topological polar surface area (TPSA) is 30.7 Å². The zero-order valence-corrected chi connectivity index (χ0v) is 13.1. The Morgan fingerprint density at radius 3 is 2.80 bits per heavy atom. The summed E-state index contributed by atoms with van der Waals surface area (Å²) in [5.74, 6) is 1.28.